The second kappa shape index (κ2) is 9.26. The van der Waals surface area contributed by atoms with Gasteiger partial charge >= 0.3 is 0 Å². The zero-order valence-electron chi connectivity index (χ0n) is 18.3. The Hall–Kier alpha value is -3.26. The quantitative estimate of drug-likeness (QED) is 0.727. The third kappa shape index (κ3) is 3.90. The maximum Gasteiger partial charge on any atom is 0.220 e. The molecule has 8 heteroatoms. The first-order valence-corrected chi connectivity index (χ1v) is 9.85. The number of methoxy groups -OCH3 is 4. The number of hydrogen-bond donors (Lipinski definition) is 2. The van der Waals surface area contributed by atoms with Crippen LogP contribution in [0.3, 0.4) is 0 Å². The van der Waals surface area contributed by atoms with Gasteiger partial charge in [-0.3, -0.25) is 9.59 Å². The van der Waals surface area contributed by atoms with E-state index in [1.807, 2.05) is 0 Å². The topological polar surface area (TPSA) is 103 Å². The van der Waals surface area contributed by atoms with Crippen LogP contribution in [0.4, 0.5) is 0 Å². The van der Waals surface area contributed by atoms with Gasteiger partial charge in [-0.05, 0) is 41.7 Å². The van der Waals surface area contributed by atoms with Crippen molar-refractivity contribution in [2.24, 2.45) is 0 Å². The minimum absolute atomic E-state index is 0.179. The van der Waals surface area contributed by atoms with Crippen LogP contribution in [-0.4, -0.2) is 39.5 Å². The van der Waals surface area contributed by atoms with Crippen LogP contribution < -0.4 is 29.7 Å². The van der Waals surface area contributed by atoms with E-state index in [2.05, 4.69) is 5.32 Å². The molecule has 1 aliphatic rings. The average Bonchev–Trinajstić information content (AvgIpc) is 3.00. The third-order valence-electron chi connectivity index (χ3n) is 5.52. The summed E-state index contributed by atoms with van der Waals surface area (Å²) in [5.41, 5.74) is 3.08. The maximum absolute atomic E-state index is 12.7. The molecule has 1 aliphatic carbocycles. The van der Waals surface area contributed by atoms with Gasteiger partial charge in [0.2, 0.25) is 17.1 Å². The lowest BCUT2D eigenvalue weighted by Crippen LogP contribution is -2.26. The van der Waals surface area contributed by atoms with Crippen LogP contribution in [-0.2, 0) is 17.8 Å². The SMILES string of the molecule is COc1c(CO)c2c(c(OC)c1OC)-c1ccc(OC)c(=O)cc1[C@H](NC(C)=O)CC2. The van der Waals surface area contributed by atoms with Crippen molar-refractivity contribution in [2.75, 3.05) is 28.4 Å². The summed E-state index contributed by atoms with van der Waals surface area (Å²) >= 11 is 0. The van der Waals surface area contributed by atoms with Crippen molar-refractivity contribution in [1.82, 2.24) is 5.32 Å². The van der Waals surface area contributed by atoms with Gasteiger partial charge in [-0.25, -0.2) is 0 Å². The van der Waals surface area contributed by atoms with Gasteiger partial charge in [-0.2, -0.15) is 0 Å². The first-order valence-electron chi connectivity index (χ1n) is 9.85. The number of rotatable bonds is 6. The first kappa shape index (κ1) is 22.4. The van der Waals surface area contributed by atoms with Crippen molar-refractivity contribution >= 4 is 5.91 Å². The van der Waals surface area contributed by atoms with Gasteiger partial charge in [0.05, 0.1) is 41.1 Å². The number of benzene rings is 1. The number of aliphatic hydroxyl groups is 1. The van der Waals surface area contributed by atoms with Crippen molar-refractivity contribution in [3.63, 3.8) is 0 Å². The molecule has 3 rings (SSSR count). The Bertz CT molecular complexity index is 1060. The van der Waals surface area contributed by atoms with Gasteiger partial charge in [0.25, 0.3) is 0 Å². The fourth-order valence-corrected chi connectivity index (χ4v) is 4.25. The number of hydrogen-bond acceptors (Lipinski definition) is 7. The molecule has 0 saturated heterocycles. The summed E-state index contributed by atoms with van der Waals surface area (Å²) in [5.74, 6) is 1.13. The van der Waals surface area contributed by atoms with Gasteiger partial charge in [0.15, 0.2) is 17.2 Å². The number of fused-ring (bicyclic) bond motifs is 3. The smallest absolute Gasteiger partial charge is 0.220 e. The van der Waals surface area contributed by atoms with E-state index in [4.69, 9.17) is 18.9 Å². The number of ether oxygens (including phenoxy) is 4. The van der Waals surface area contributed by atoms with Crippen molar-refractivity contribution in [3.8, 4) is 34.1 Å². The molecule has 0 fully saturated rings. The second-order valence-electron chi connectivity index (χ2n) is 7.16. The summed E-state index contributed by atoms with van der Waals surface area (Å²) in [6.07, 6.45) is 1.02. The highest BCUT2D eigenvalue weighted by Gasteiger charge is 2.32. The second-order valence-corrected chi connectivity index (χ2v) is 7.16. The lowest BCUT2D eigenvalue weighted by atomic mass is 9.91. The first-order chi connectivity index (χ1) is 14.9. The molecule has 2 aromatic rings. The standard InChI is InChI=1S/C23H27NO7/c1-12(26)24-17-8-6-14-16(11-25)21(29-3)23(31-5)22(30-4)20(14)13-7-9-19(28-2)18(27)10-15(13)17/h7,9-10,17,25H,6,8,11H2,1-5H3,(H,24,26)/t17-/m1/s1. The van der Waals surface area contributed by atoms with Gasteiger partial charge in [-0.1, -0.05) is 6.07 Å². The van der Waals surface area contributed by atoms with E-state index in [9.17, 15) is 14.7 Å². The van der Waals surface area contributed by atoms with E-state index in [0.717, 1.165) is 5.56 Å². The van der Waals surface area contributed by atoms with Gasteiger partial charge in [-0.15, -0.1) is 0 Å². The highest BCUT2D eigenvalue weighted by Crippen LogP contribution is 2.52. The molecule has 2 N–H and O–H groups in total. The Morgan fingerprint density at radius 3 is 2.29 bits per heavy atom. The lowest BCUT2D eigenvalue weighted by Gasteiger charge is -2.22. The third-order valence-corrected chi connectivity index (χ3v) is 5.52. The van der Waals surface area contributed by atoms with Crippen molar-refractivity contribution < 1.29 is 28.8 Å². The van der Waals surface area contributed by atoms with E-state index in [-0.39, 0.29) is 23.7 Å². The molecule has 0 radical (unpaired) electrons. The summed E-state index contributed by atoms with van der Waals surface area (Å²) in [5, 5.41) is 13.1. The zero-order chi connectivity index (χ0) is 22.7. The molecule has 166 valence electrons. The molecule has 0 aromatic heterocycles. The average molecular weight is 429 g/mol. The van der Waals surface area contributed by atoms with E-state index < -0.39 is 6.04 Å². The molecule has 1 atom stereocenters. The molecule has 0 bridgehead atoms. The number of carbonyl (C=O) groups is 1. The molecular formula is C23H27NO7. The van der Waals surface area contributed by atoms with E-state index in [1.165, 1.54) is 41.4 Å². The van der Waals surface area contributed by atoms with E-state index >= 15 is 0 Å². The van der Waals surface area contributed by atoms with Crippen LogP contribution in [0.2, 0.25) is 0 Å². The molecule has 0 spiro atoms. The van der Waals surface area contributed by atoms with Gasteiger partial charge in [0, 0.05) is 18.1 Å². The molecule has 2 aromatic carbocycles. The fraction of sp³-hybridized carbons (Fsp3) is 0.391. The minimum Gasteiger partial charge on any atom is -0.493 e. The molecular weight excluding hydrogens is 402 g/mol. The highest BCUT2D eigenvalue weighted by atomic mass is 16.5. The molecule has 0 aliphatic heterocycles. The van der Waals surface area contributed by atoms with Gasteiger partial charge in [0.1, 0.15) is 0 Å². The summed E-state index contributed by atoms with van der Waals surface area (Å²) in [6, 6.07) is 4.43. The molecule has 0 heterocycles. The maximum atomic E-state index is 12.7. The highest BCUT2D eigenvalue weighted by molar-refractivity contribution is 5.85. The van der Waals surface area contributed by atoms with Crippen molar-refractivity contribution in [1.29, 1.82) is 0 Å². The molecule has 31 heavy (non-hydrogen) atoms. The predicted molar refractivity (Wildman–Crippen MR) is 115 cm³/mol. The zero-order valence-corrected chi connectivity index (χ0v) is 18.3. The van der Waals surface area contributed by atoms with Crippen LogP contribution in [0, 0.1) is 0 Å². The number of carbonyl (C=O) groups excluding carboxylic acids is 1. The van der Waals surface area contributed by atoms with Crippen molar-refractivity contribution in [2.45, 2.75) is 32.4 Å². The minimum atomic E-state index is -0.419. The number of nitrogens with one attached hydrogen (secondary N) is 1. The number of aliphatic hydroxyl groups excluding tert-OH is 1. The predicted octanol–water partition coefficient (Wildman–Crippen LogP) is 2.36. The van der Waals surface area contributed by atoms with Crippen LogP contribution in [0.15, 0.2) is 23.0 Å². The Kier molecular flexibility index (Phi) is 6.70. The Balaban J connectivity index is 2.50. The van der Waals surface area contributed by atoms with Crippen LogP contribution >= 0.6 is 0 Å². The Morgan fingerprint density at radius 2 is 1.74 bits per heavy atom. The van der Waals surface area contributed by atoms with Crippen LogP contribution in [0.25, 0.3) is 11.1 Å². The molecule has 1 amide bonds. The van der Waals surface area contributed by atoms with Gasteiger partial charge < -0.3 is 29.4 Å². The normalized spacial score (nSPS) is 14.6. The van der Waals surface area contributed by atoms with Crippen LogP contribution in [0.5, 0.6) is 23.0 Å². The van der Waals surface area contributed by atoms with E-state index in [0.29, 0.717) is 52.3 Å². The summed E-state index contributed by atoms with van der Waals surface area (Å²) < 4.78 is 22.1. The van der Waals surface area contributed by atoms with Crippen LogP contribution in [0.1, 0.15) is 36.1 Å². The lowest BCUT2D eigenvalue weighted by molar-refractivity contribution is -0.119. The largest absolute Gasteiger partial charge is 0.493 e. The Labute approximate surface area is 180 Å². The summed E-state index contributed by atoms with van der Waals surface area (Å²) in [7, 11) is 5.95. The summed E-state index contributed by atoms with van der Waals surface area (Å²) in [6.45, 7) is 1.16. The monoisotopic (exact) mass is 429 g/mol. The molecule has 0 unspecified atom stereocenters. The Morgan fingerprint density at radius 1 is 1.06 bits per heavy atom. The molecule has 0 saturated carbocycles. The summed E-state index contributed by atoms with van der Waals surface area (Å²) in [4.78, 5) is 24.6. The van der Waals surface area contributed by atoms with Crippen molar-refractivity contribution in [3.05, 3.63) is 45.1 Å². The fourth-order valence-electron chi connectivity index (χ4n) is 4.25. The van der Waals surface area contributed by atoms with E-state index in [1.54, 1.807) is 12.1 Å². The number of amides is 1. The molecule has 8 nitrogen and oxygen atoms in total.